The van der Waals surface area contributed by atoms with Gasteiger partial charge in [-0.05, 0) is 67.5 Å². The lowest BCUT2D eigenvalue weighted by Gasteiger charge is -2.43. The maximum Gasteiger partial charge on any atom is 0.256 e. The molecule has 1 aliphatic rings. The predicted molar refractivity (Wildman–Crippen MR) is 135 cm³/mol. The number of rotatable bonds is 8. The van der Waals surface area contributed by atoms with Crippen molar-refractivity contribution in [2.75, 3.05) is 18.8 Å². The lowest BCUT2D eigenvalue weighted by atomic mass is 9.91. The maximum atomic E-state index is 13.8. The third kappa shape index (κ3) is 5.50. The molecular weight excluding hydrogens is 446 g/mol. The number of hydrazine groups is 1. The molecule has 1 heterocycles. The fourth-order valence-electron chi connectivity index (χ4n) is 4.69. The summed E-state index contributed by atoms with van der Waals surface area (Å²) in [4.78, 5) is 0.220. The maximum absolute atomic E-state index is 13.8. The van der Waals surface area contributed by atoms with Crippen LogP contribution >= 0.6 is 0 Å². The second kappa shape index (κ2) is 10.7. The topological polar surface area (TPSA) is 86.9 Å². The summed E-state index contributed by atoms with van der Waals surface area (Å²) in [5.41, 5.74) is 8.33. The molecule has 1 saturated heterocycles. The molecule has 0 amide bonds. The van der Waals surface area contributed by atoms with E-state index in [-0.39, 0.29) is 4.90 Å². The average Bonchev–Trinajstić information content (AvgIpc) is 2.86. The number of aliphatic hydroxyl groups is 1. The lowest BCUT2D eigenvalue weighted by molar-refractivity contribution is -0.0422. The second-order valence-electron chi connectivity index (χ2n) is 9.03. The van der Waals surface area contributed by atoms with Gasteiger partial charge in [0.15, 0.2) is 0 Å². The highest BCUT2D eigenvalue weighted by Crippen LogP contribution is 2.31. The zero-order chi connectivity index (χ0) is 24.1. The minimum absolute atomic E-state index is 0.220. The number of sulfonamides is 1. The summed E-state index contributed by atoms with van der Waals surface area (Å²) in [7, 11) is -3.86. The van der Waals surface area contributed by atoms with Crippen molar-refractivity contribution in [2.24, 2.45) is 5.92 Å². The number of hydrogen-bond acceptors (Lipinski definition) is 5. The Morgan fingerprint density at radius 1 is 0.941 bits per heavy atom. The Hall–Kier alpha value is -2.71. The van der Waals surface area contributed by atoms with Crippen molar-refractivity contribution < 1.29 is 13.5 Å². The van der Waals surface area contributed by atoms with Crippen LogP contribution in [0, 0.1) is 5.92 Å². The molecular formula is C27H33N3O3S. The number of nitrogens with zero attached hydrogens (tertiary/aromatic N) is 2. The summed E-state index contributed by atoms with van der Waals surface area (Å²) in [6, 6.07) is 25.1. The van der Waals surface area contributed by atoms with E-state index in [4.69, 9.17) is 5.73 Å². The number of nitrogens with two attached hydrogens (primary N) is 1. The molecule has 0 spiro atoms. The van der Waals surface area contributed by atoms with Crippen LogP contribution in [0.5, 0.6) is 0 Å². The van der Waals surface area contributed by atoms with Gasteiger partial charge >= 0.3 is 0 Å². The highest BCUT2D eigenvalue weighted by Gasteiger charge is 2.39. The molecule has 34 heavy (non-hydrogen) atoms. The Morgan fingerprint density at radius 2 is 1.50 bits per heavy atom. The summed E-state index contributed by atoms with van der Waals surface area (Å²) in [6.45, 7) is 2.99. The fraction of sp³-hybridized carbons (Fsp3) is 0.333. The van der Waals surface area contributed by atoms with Gasteiger partial charge in [0.1, 0.15) is 0 Å². The summed E-state index contributed by atoms with van der Waals surface area (Å²) >= 11 is 0. The highest BCUT2D eigenvalue weighted by atomic mass is 32.2. The molecule has 0 saturated carbocycles. The van der Waals surface area contributed by atoms with Gasteiger partial charge in [0.2, 0.25) is 0 Å². The van der Waals surface area contributed by atoms with Crippen molar-refractivity contribution in [3.8, 4) is 0 Å². The van der Waals surface area contributed by atoms with Crippen LogP contribution < -0.4 is 5.73 Å². The molecule has 4 rings (SSSR count). The smallest absolute Gasteiger partial charge is 0.256 e. The summed E-state index contributed by atoms with van der Waals surface area (Å²) in [5.74, 6) is 0.497. The standard InChI is InChI=1S/C27H33N3O3S/c1-21(27(31)24-12-14-25(28)15-13-24)30(34(32,33)26-10-6-3-7-11-26)29-18-16-23(17-19-29)20-22-8-4-2-5-9-22/h2-15,21,23,27,31H,16-20,28H2,1H3. The van der Waals surface area contributed by atoms with Crippen LogP contribution in [0.2, 0.25) is 0 Å². The average molecular weight is 480 g/mol. The van der Waals surface area contributed by atoms with Gasteiger partial charge in [-0.15, -0.1) is 4.41 Å². The fourth-order valence-corrected chi connectivity index (χ4v) is 6.43. The van der Waals surface area contributed by atoms with Crippen molar-refractivity contribution in [2.45, 2.75) is 43.2 Å². The van der Waals surface area contributed by atoms with E-state index in [9.17, 15) is 13.5 Å². The van der Waals surface area contributed by atoms with Crippen LogP contribution in [-0.4, -0.2) is 42.1 Å². The van der Waals surface area contributed by atoms with Gasteiger partial charge in [0.05, 0.1) is 17.0 Å². The zero-order valence-electron chi connectivity index (χ0n) is 19.5. The number of nitrogen functional groups attached to an aromatic ring is 1. The quantitative estimate of drug-likeness (QED) is 0.472. The second-order valence-corrected chi connectivity index (χ2v) is 10.8. The van der Waals surface area contributed by atoms with E-state index in [1.165, 1.54) is 9.98 Å². The molecule has 3 aromatic carbocycles. The third-order valence-corrected chi connectivity index (χ3v) is 8.53. The number of anilines is 1. The van der Waals surface area contributed by atoms with E-state index in [2.05, 4.69) is 24.3 Å². The SMILES string of the molecule is CC(C(O)c1ccc(N)cc1)N(N1CCC(Cc2ccccc2)CC1)S(=O)(=O)c1ccccc1. The van der Waals surface area contributed by atoms with Gasteiger partial charge < -0.3 is 10.8 Å². The first kappa shape index (κ1) is 24.4. The van der Waals surface area contributed by atoms with Gasteiger partial charge in [-0.3, -0.25) is 0 Å². The third-order valence-electron chi connectivity index (χ3n) is 6.61. The molecule has 0 bridgehead atoms. The Kier molecular flexibility index (Phi) is 7.68. The van der Waals surface area contributed by atoms with Gasteiger partial charge in [-0.25, -0.2) is 13.4 Å². The van der Waals surface area contributed by atoms with Crippen molar-refractivity contribution in [3.05, 3.63) is 96.1 Å². The molecule has 0 aliphatic carbocycles. The zero-order valence-corrected chi connectivity index (χ0v) is 20.3. The Morgan fingerprint density at radius 3 is 2.09 bits per heavy atom. The Bertz CT molecular complexity index is 1150. The van der Waals surface area contributed by atoms with Crippen LogP contribution in [0.15, 0.2) is 89.8 Å². The summed E-state index contributed by atoms with van der Waals surface area (Å²) in [6.07, 6.45) is 1.77. The molecule has 1 aliphatic heterocycles. The van der Waals surface area contributed by atoms with Crippen LogP contribution in [-0.2, 0) is 16.4 Å². The van der Waals surface area contributed by atoms with E-state index in [1.807, 2.05) is 11.1 Å². The minimum Gasteiger partial charge on any atom is -0.399 e. The first-order valence-electron chi connectivity index (χ1n) is 11.8. The summed E-state index contributed by atoms with van der Waals surface area (Å²) < 4.78 is 29.0. The Labute approximate surface area is 202 Å². The molecule has 180 valence electrons. The van der Waals surface area contributed by atoms with E-state index in [0.29, 0.717) is 30.3 Å². The molecule has 0 radical (unpaired) electrons. The number of hydrogen-bond donors (Lipinski definition) is 2. The molecule has 6 nitrogen and oxygen atoms in total. The van der Waals surface area contributed by atoms with Crippen molar-refractivity contribution in [1.82, 2.24) is 9.42 Å². The van der Waals surface area contributed by atoms with E-state index < -0.39 is 22.2 Å². The number of benzene rings is 3. The first-order chi connectivity index (χ1) is 16.4. The number of piperidine rings is 1. The van der Waals surface area contributed by atoms with Crippen molar-refractivity contribution >= 4 is 15.7 Å². The molecule has 3 aromatic rings. The van der Waals surface area contributed by atoms with Crippen LogP contribution in [0.4, 0.5) is 5.69 Å². The predicted octanol–water partition coefficient (Wildman–Crippen LogP) is 4.25. The minimum atomic E-state index is -3.86. The summed E-state index contributed by atoms with van der Waals surface area (Å²) in [5, 5.41) is 13.1. The van der Waals surface area contributed by atoms with Gasteiger partial charge in [-0.1, -0.05) is 60.7 Å². The molecule has 2 unspecified atom stereocenters. The molecule has 0 aromatic heterocycles. The molecule has 3 N–H and O–H groups in total. The van der Waals surface area contributed by atoms with Gasteiger partial charge in [0.25, 0.3) is 10.0 Å². The van der Waals surface area contributed by atoms with Crippen LogP contribution in [0.3, 0.4) is 0 Å². The van der Waals surface area contributed by atoms with E-state index in [1.54, 1.807) is 61.5 Å². The van der Waals surface area contributed by atoms with Crippen LogP contribution in [0.25, 0.3) is 0 Å². The van der Waals surface area contributed by atoms with E-state index in [0.717, 1.165) is 19.3 Å². The molecule has 7 heteroatoms. The van der Waals surface area contributed by atoms with Gasteiger partial charge in [-0.2, -0.15) is 0 Å². The highest BCUT2D eigenvalue weighted by molar-refractivity contribution is 7.89. The Balaban J connectivity index is 1.57. The van der Waals surface area contributed by atoms with E-state index >= 15 is 0 Å². The molecule has 1 fully saturated rings. The molecule has 2 atom stereocenters. The number of aliphatic hydroxyl groups excluding tert-OH is 1. The van der Waals surface area contributed by atoms with Crippen molar-refractivity contribution in [3.63, 3.8) is 0 Å². The van der Waals surface area contributed by atoms with Crippen molar-refractivity contribution in [1.29, 1.82) is 0 Å². The monoisotopic (exact) mass is 479 g/mol. The first-order valence-corrected chi connectivity index (χ1v) is 13.2. The normalized spacial score (nSPS) is 17.5. The lowest BCUT2D eigenvalue weighted by Crippen LogP contribution is -2.55. The van der Waals surface area contributed by atoms with Gasteiger partial charge in [0, 0.05) is 18.8 Å². The largest absolute Gasteiger partial charge is 0.399 e. The van der Waals surface area contributed by atoms with Crippen LogP contribution in [0.1, 0.15) is 37.0 Å².